The third-order valence-corrected chi connectivity index (χ3v) is 8.16. The number of nitrogens with one attached hydrogen (secondary N) is 2. The molecule has 212 valence electrons. The van der Waals surface area contributed by atoms with Crippen molar-refractivity contribution in [2.24, 2.45) is 5.73 Å². The number of aromatic nitrogens is 1. The summed E-state index contributed by atoms with van der Waals surface area (Å²) in [5, 5.41) is 4.79. The number of amides is 3. The highest BCUT2D eigenvalue weighted by Gasteiger charge is 2.23. The van der Waals surface area contributed by atoms with Gasteiger partial charge in [0.1, 0.15) is 0 Å². The molecule has 42 heavy (non-hydrogen) atoms. The Morgan fingerprint density at radius 3 is 2.38 bits per heavy atom. The number of rotatable bonds is 6. The third kappa shape index (κ3) is 5.12. The summed E-state index contributed by atoms with van der Waals surface area (Å²) in [5.41, 5.74) is 12.5. The zero-order valence-electron chi connectivity index (χ0n) is 23.7. The monoisotopic (exact) mass is 559 g/mol. The van der Waals surface area contributed by atoms with Crippen LogP contribution in [-0.4, -0.2) is 65.7 Å². The Labute approximate surface area is 244 Å². The molecular formula is C34H33N5O3. The van der Waals surface area contributed by atoms with Gasteiger partial charge in [-0.1, -0.05) is 54.6 Å². The van der Waals surface area contributed by atoms with Crippen LogP contribution in [0.4, 0.5) is 5.69 Å². The lowest BCUT2D eigenvalue weighted by Gasteiger charge is -2.32. The lowest BCUT2D eigenvalue weighted by molar-refractivity contribution is -0.115. The molecule has 3 amide bonds. The summed E-state index contributed by atoms with van der Waals surface area (Å²) in [6.07, 6.45) is 0.277. The molecule has 4 aromatic carbocycles. The fourth-order valence-corrected chi connectivity index (χ4v) is 5.81. The lowest BCUT2D eigenvalue weighted by atomic mass is 9.93. The van der Waals surface area contributed by atoms with Gasteiger partial charge in [0.2, 0.25) is 5.91 Å². The van der Waals surface area contributed by atoms with E-state index in [0.717, 1.165) is 57.3 Å². The van der Waals surface area contributed by atoms with Crippen molar-refractivity contribution in [1.82, 2.24) is 14.8 Å². The molecule has 0 atom stereocenters. The molecule has 4 N–H and O–H groups in total. The van der Waals surface area contributed by atoms with Crippen LogP contribution >= 0.6 is 0 Å². The quantitative estimate of drug-likeness (QED) is 0.273. The normalized spacial score (nSPS) is 13.9. The first-order valence-corrected chi connectivity index (χ1v) is 14.1. The summed E-state index contributed by atoms with van der Waals surface area (Å²) in [5.74, 6) is -0.639. The SMILES string of the molecule is Cc1c(NC(=O)Cc2ccccc2)cccc1-c1ccc(C(N)=O)c2[nH]c3cc(C(=O)N4CCN(C)CC4)ccc3c12. The molecule has 5 aromatic rings. The van der Waals surface area contributed by atoms with Crippen molar-refractivity contribution >= 4 is 45.2 Å². The first-order chi connectivity index (χ1) is 20.3. The molecule has 0 bridgehead atoms. The Bertz CT molecular complexity index is 1840. The molecule has 1 aliphatic rings. The van der Waals surface area contributed by atoms with Crippen LogP contribution in [-0.2, 0) is 11.2 Å². The van der Waals surface area contributed by atoms with E-state index in [1.807, 2.05) is 84.6 Å². The van der Waals surface area contributed by atoms with Gasteiger partial charge < -0.3 is 25.8 Å². The molecule has 0 spiro atoms. The summed E-state index contributed by atoms with van der Waals surface area (Å²) in [6.45, 7) is 5.04. The van der Waals surface area contributed by atoms with Gasteiger partial charge in [0.25, 0.3) is 11.8 Å². The van der Waals surface area contributed by atoms with Crippen LogP contribution in [0, 0.1) is 6.92 Å². The van der Waals surface area contributed by atoms with Crippen LogP contribution < -0.4 is 11.1 Å². The lowest BCUT2D eigenvalue weighted by Crippen LogP contribution is -2.47. The maximum absolute atomic E-state index is 13.3. The minimum Gasteiger partial charge on any atom is -0.366 e. The van der Waals surface area contributed by atoms with E-state index < -0.39 is 5.91 Å². The minimum absolute atomic E-state index is 0.00575. The Kier molecular flexibility index (Phi) is 7.22. The predicted molar refractivity (Wildman–Crippen MR) is 167 cm³/mol. The number of benzene rings is 4. The summed E-state index contributed by atoms with van der Waals surface area (Å²) < 4.78 is 0. The summed E-state index contributed by atoms with van der Waals surface area (Å²) >= 11 is 0. The number of anilines is 1. The van der Waals surface area contributed by atoms with Crippen LogP contribution in [0.15, 0.2) is 78.9 Å². The topological polar surface area (TPSA) is 112 Å². The number of piperazine rings is 1. The van der Waals surface area contributed by atoms with Crippen LogP contribution in [0.5, 0.6) is 0 Å². The number of aromatic amines is 1. The van der Waals surface area contributed by atoms with Crippen molar-refractivity contribution in [1.29, 1.82) is 0 Å². The number of H-pyrrole nitrogens is 1. The number of nitrogens with two attached hydrogens (primary N) is 1. The Morgan fingerprint density at radius 2 is 1.64 bits per heavy atom. The molecule has 0 unspecified atom stereocenters. The maximum Gasteiger partial charge on any atom is 0.254 e. The largest absolute Gasteiger partial charge is 0.366 e. The number of carbonyl (C=O) groups excluding carboxylic acids is 3. The smallest absolute Gasteiger partial charge is 0.254 e. The number of carbonyl (C=O) groups is 3. The number of hydrogen-bond acceptors (Lipinski definition) is 4. The van der Waals surface area contributed by atoms with Crippen LogP contribution in [0.2, 0.25) is 0 Å². The zero-order chi connectivity index (χ0) is 29.4. The van der Waals surface area contributed by atoms with E-state index in [4.69, 9.17) is 5.73 Å². The molecule has 1 aliphatic heterocycles. The molecule has 1 fully saturated rings. The molecule has 0 saturated carbocycles. The Balaban J connectivity index is 1.40. The van der Waals surface area contributed by atoms with Crippen molar-refractivity contribution in [3.63, 3.8) is 0 Å². The fourth-order valence-electron chi connectivity index (χ4n) is 5.81. The average Bonchev–Trinajstić information content (AvgIpc) is 3.37. The van der Waals surface area contributed by atoms with E-state index in [-0.39, 0.29) is 18.2 Å². The van der Waals surface area contributed by atoms with Crippen LogP contribution in [0.3, 0.4) is 0 Å². The van der Waals surface area contributed by atoms with Crippen LogP contribution in [0.1, 0.15) is 31.8 Å². The minimum atomic E-state index is -0.537. The van der Waals surface area contributed by atoms with Gasteiger partial charge in [-0.05, 0) is 60.5 Å². The molecule has 2 heterocycles. The molecule has 1 aromatic heterocycles. The second-order valence-electron chi connectivity index (χ2n) is 10.9. The van der Waals surface area contributed by atoms with E-state index in [0.29, 0.717) is 29.7 Å². The van der Waals surface area contributed by atoms with E-state index in [1.165, 1.54) is 0 Å². The van der Waals surface area contributed by atoms with Crippen molar-refractivity contribution in [2.45, 2.75) is 13.3 Å². The van der Waals surface area contributed by atoms with Gasteiger partial charge in [-0.15, -0.1) is 0 Å². The Hall–Kier alpha value is -4.95. The highest BCUT2D eigenvalue weighted by molar-refractivity contribution is 6.20. The Morgan fingerprint density at radius 1 is 0.881 bits per heavy atom. The van der Waals surface area contributed by atoms with Gasteiger partial charge in [0.05, 0.1) is 17.5 Å². The number of fused-ring (bicyclic) bond motifs is 3. The van der Waals surface area contributed by atoms with Crippen LogP contribution in [0.25, 0.3) is 32.9 Å². The summed E-state index contributed by atoms with van der Waals surface area (Å²) in [6, 6.07) is 24.7. The second-order valence-corrected chi connectivity index (χ2v) is 10.9. The highest BCUT2D eigenvalue weighted by atomic mass is 16.2. The number of hydrogen-bond donors (Lipinski definition) is 3. The van der Waals surface area contributed by atoms with Crippen molar-refractivity contribution in [2.75, 3.05) is 38.5 Å². The van der Waals surface area contributed by atoms with Gasteiger partial charge in [-0.3, -0.25) is 14.4 Å². The zero-order valence-corrected chi connectivity index (χ0v) is 23.7. The maximum atomic E-state index is 13.3. The van der Waals surface area contributed by atoms with Gasteiger partial charge >= 0.3 is 0 Å². The standard InChI is InChI=1S/C34H33N5O3/c1-21-24(9-6-10-28(21)36-30(40)19-22-7-4-3-5-8-22)25-13-14-27(33(35)41)32-31(25)26-12-11-23(20-29(26)37-32)34(42)39-17-15-38(2)16-18-39/h3-14,20,37H,15-19H2,1-2H3,(H2,35,41)(H,36,40). The molecule has 1 saturated heterocycles. The highest BCUT2D eigenvalue weighted by Crippen LogP contribution is 2.39. The van der Waals surface area contributed by atoms with Gasteiger partial charge in [-0.2, -0.15) is 0 Å². The molecule has 0 aliphatic carbocycles. The number of likely N-dealkylation sites (N-methyl/N-ethyl adjacent to an activating group) is 1. The molecule has 8 nitrogen and oxygen atoms in total. The number of nitrogens with zero attached hydrogens (tertiary/aromatic N) is 2. The average molecular weight is 560 g/mol. The summed E-state index contributed by atoms with van der Waals surface area (Å²) in [7, 11) is 2.06. The summed E-state index contributed by atoms with van der Waals surface area (Å²) in [4.78, 5) is 46.1. The van der Waals surface area contributed by atoms with Gasteiger partial charge in [0, 0.05) is 53.7 Å². The first kappa shape index (κ1) is 27.2. The molecule has 8 heteroatoms. The first-order valence-electron chi connectivity index (χ1n) is 14.1. The second kappa shape index (κ2) is 11.1. The third-order valence-electron chi connectivity index (χ3n) is 8.16. The molecule has 0 radical (unpaired) electrons. The van der Waals surface area contributed by atoms with Crippen molar-refractivity contribution in [3.05, 3.63) is 101 Å². The van der Waals surface area contributed by atoms with E-state index in [9.17, 15) is 14.4 Å². The molecular weight excluding hydrogens is 526 g/mol. The van der Waals surface area contributed by atoms with Crippen molar-refractivity contribution in [3.8, 4) is 11.1 Å². The van der Waals surface area contributed by atoms with E-state index in [1.54, 1.807) is 6.07 Å². The van der Waals surface area contributed by atoms with Gasteiger partial charge in [-0.25, -0.2) is 0 Å². The van der Waals surface area contributed by atoms with Crippen molar-refractivity contribution < 1.29 is 14.4 Å². The van der Waals surface area contributed by atoms with E-state index >= 15 is 0 Å². The predicted octanol–water partition coefficient (Wildman–Crippen LogP) is 4.96. The van der Waals surface area contributed by atoms with Gasteiger partial charge in [0.15, 0.2) is 0 Å². The van der Waals surface area contributed by atoms with E-state index in [2.05, 4.69) is 22.2 Å². The number of primary amides is 1. The molecule has 6 rings (SSSR count). The fraction of sp³-hybridized carbons (Fsp3) is 0.206.